The lowest BCUT2D eigenvalue weighted by molar-refractivity contribution is -0.121. The quantitative estimate of drug-likeness (QED) is 0.915. The van der Waals surface area contributed by atoms with E-state index >= 15 is 0 Å². The number of imidazole rings is 1. The van der Waals surface area contributed by atoms with E-state index in [1.165, 1.54) is 4.90 Å². The van der Waals surface area contributed by atoms with Crippen LogP contribution in [0.5, 0.6) is 0 Å². The molecule has 0 saturated carbocycles. The Morgan fingerprint density at radius 3 is 2.84 bits per heavy atom. The van der Waals surface area contributed by atoms with Crippen LogP contribution in [0.15, 0.2) is 24.5 Å². The number of hydrogen-bond acceptors (Lipinski definition) is 3. The molecule has 1 aromatic heterocycles. The molecule has 1 N–H and O–H groups in total. The van der Waals surface area contributed by atoms with Gasteiger partial charge in [0.1, 0.15) is 5.92 Å². The maximum atomic E-state index is 12.3. The number of nitrogens with zero attached hydrogens (tertiary/aromatic N) is 3. The molecule has 5 heteroatoms. The van der Waals surface area contributed by atoms with E-state index in [-0.39, 0.29) is 11.8 Å². The maximum absolute atomic E-state index is 12.3. The number of aromatic amines is 1. The summed E-state index contributed by atoms with van der Waals surface area (Å²) in [5.41, 5.74) is 2.48. The molecule has 0 aliphatic carbocycles. The molecule has 2 aromatic rings. The Hall–Kier alpha value is -2.35. The van der Waals surface area contributed by atoms with Gasteiger partial charge < -0.3 is 9.88 Å². The molecule has 0 radical (unpaired) electrons. The number of benzene rings is 1. The molecule has 0 bridgehead atoms. The second kappa shape index (κ2) is 5.11. The van der Waals surface area contributed by atoms with Crippen LogP contribution >= 0.6 is 0 Å². The summed E-state index contributed by atoms with van der Waals surface area (Å²) in [7, 11) is 1.69. The highest BCUT2D eigenvalue weighted by molar-refractivity contribution is 5.97. The van der Waals surface area contributed by atoms with Crippen LogP contribution in [0.25, 0.3) is 11.0 Å². The van der Waals surface area contributed by atoms with Crippen LogP contribution in [0.1, 0.15) is 13.8 Å². The van der Waals surface area contributed by atoms with E-state index in [4.69, 9.17) is 5.26 Å². The number of carbonyl (C=O) groups is 1. The van der Waals surface area contributed by atoms with Crippen molar-refractivity contribution >= 4 is 22.6 Å². The Bertz CT molecular complexity index is 638. The van der Waals surface area contributed by atoms with Gasteiger partial charge in [-0.15, -0.1) is 0 Å². The van der Waals surface area contributed by atoms with Crippen molar-refractivity contribution in [1.82, 2.24) is 9.97 Å². The van der Waals surface area contributed by atoms with Crippen LogP contribution in [-0.2, 0) is 4.79 Å². The highest BCUT2D eigenvalue weighted by atomic mass is 16.2. The lowest BCUT2D eigenvalue weighted by Gasteiger charge is -2.22. The highest BCUT2D eigenvalue weighted by Crippen LogP contribution is 2.22. The largest absolute Gasteiger partial charge is 0.345 e. The number of amides is 1. The zero-order valence-electron chi connectivity index (χ0n) is 11.2. The van der Waals surface area contributed by atoms with Crippen molar-refractivity contribution in [3.8, 4) is 6.07 Å². The highest BCUT2D eigenvalue weighted by Gasteiger charge is 2.25. The van der Waals surface area contributed by atoms with Crippen LogP contribution in [0.2, 0.25) is 0 Å². The van der Waals surface area contributed by atoms with Gasteiger partial charge in [0, 0.05) is 12.7 Å². The predicted molar refractivity (Wildman–Crippen MR) is 73.4 cm³/mol. The fourth-order valence-electron chi connectivity index (χ4n) is 1.96. The summed E-state index contributed by atoms with van der Waals surface area (Å²) in [6.45, 7) is 3.75. The first-order chi connectivity index (χ1) is 9.04. The molecule has 2 rings (SSSR count). The molecule has 0 aliphatic heterocycles. The molecule has 0 saturated heterocycles. The third kappa shape index (κ3) is 2.43. The third-order valence-electron chi connectivity index (χ3n) is 3.19. The smallest absolute Gasteiger partial charge is 0.244 e. The van der Waals surface area contributed by atoms with Gasteiger partial charge in [-0.1, -0.05) is 13.8 Å². The fraction of sp³-hybridized carbons (Fsp3) is 0.357. The summed E-state index contributed by atoms with van der Waals surface area (Å²) in [5.74, 6) is -0.810. The molecular formula is C14H16N4O. The molecule has 0 aliphatic rings. The second-order valence-electron chi connectivity index (χ2n) is 4.85. The fourth-order valence-corrected chi connectivity index (χ4v) is 1.96. The summed E-state index contributed by atoms with van der Waals surface area (Å²) in [6, 6.07) is 7.61. The second-order valence-corrected chi connectivity index (χ2v) is 4.85. The average molecular weight is 256 g/mol. The van der Waals surface area contributed by atoms with Gasteiger partial charge in [-0.25, -0.2) is 4.98 Å². The van der Waals surface area contributed by atoms with Gasteiger partial charge in [0.2, 0.25) is 5.91 Å². The van der Waals surface area contributed by atoms with Gasteiger partial charge in [0.15, 0.2) is 0 Å². The monoisotopic (exact) mass is 256 g/mol. The van der Waals surface area contributed by atoms with E-state index in [1.807, 2.05) is 32.0 Å². The van der Waals surface area contributed by atoms with E-state index in [0.717, 1.165) is 16.7 Å². The summed E-state index contributed by atoms with van der Waals surface area (Å²) >= 11 is 0. The number of aromatic nitrogens is 2. The van der Waals surface area contributed by atoms with Crippen molar-refractivity contribution in [2.24, 2.45) is 11.8 Å². The van der Waals surface area contributed by atoms with Crippen molar-refractivity contribution < 1.29 is 4.79 Å². The number of carbonyl (C=O) groups excluding carboxylic acids is 1. The van der Waals surface area contributed by atoms with E-state index in [0.29, 0.717) is 0 Å². The van der Waals surface area contributed by atoms with Crippen LogP contribution in [0.3, 0.4) is 0 Å². The van der Waals surface area contributed by atoms with E-state index in [2.05, 4.69) is 16.0 Å². The van der Waals surface area contributed by atoms with Crippen LogP contribution in [0, 0.1) is 23.2 Å². The van der Waals surface area contributed by atoms with Gasteiger partial charge in [-0.05, 0) is 24.1 Å². The molecular weight excluding hydrogens is 240 g/mol. The van der Waals surface area contributed by atoms with E-state index in [1.54, 1.807) is 13.4 Å². The normalized spacial score (nSPS) is 12.4. The van der Waals surface area contributed by atoms with Crippen molar-refractivity contribution in [2.45, 2.75) is 13.8 Å². The molecule has 1 amide bonds. The van der Waals surface area contributed by atoms with Crippen LogP contribution < -0.4 is 4.90 Å². The predicted octanol–water partition coefficient (Wildman–Crippen LogP) is 2.32. The minimum atomic E-state index is -0.623. The molecule has 0 spiro atoms. The Labute approximate surface area is 111 Å². The van der Waals surface area contributed by atoms with E-state index < -0.39 is 5.92 Å². The first-order valence-corrected chi connectivity index (χ1v) is 6.15. The first-order valence-electron chi connectivity index (χ1n) is 6.15. The minimum Gasteiger partial charge on any atom is -0.345 e. The zero-order valence-corrected chi connectivity index (χ0v) is 11.2. The molecule has 19 heavy (non-hydrogen) atoms. The number of H-pyrrole nitrogens is 1. The number of rotatable bonds is 3. The zero-order chi connectivity index (χ0) is 14.0. The van der Waals surface area contributed by atoms with Gasteiger partial charge in [-0.3, -0.25) is 4.79 Å². The minimum absolute atomic E-state index is 0.00386. The molecule has 1 unspecified atom stereocenters. The summed E-state index contributed by atoms with van der Waals surface area (Å²) in [6.07, 6.45) is 1.61. The average Bonchev–Trinajstić information content (AvgIpc) is 2.85. The number of nitrogens with one attached hydrogen (secondary N) is 1. The topological polar surface area (TPSA) is 72.8 Å². The standard InChI is InChI=1S/C14H16N4O/c1-9(2)11(7-15)14(19)18(3)10-4-5-12-13(6-10)17-8-16-12/h4-6,8-9,11H,1-3H3,(H,16,17). The molecule has 0 fully saturated rings. The third-order valence-corrected chi connectivity index (χ3v) is 3.19. The van der Waals surface area contributed by atoms with Crippen molar-refractivity contribution in [3.05, 3.63) is 24.5 Å². The van der Waals surface area contributed by atoms with E-state index in [9.17, 15) is 4.79 Å². The van der Waals surface area contributed by atoms with Crippen LogP contribution in [0.4, 0.5) is 5.69 Å². The van der Waals surface area contributed by atoms with Gasteiger partial charge in [0.25, 0.3) is 0 Å². The Morgan fingerprint density at radius 1 is 1.47 bits per heavy atom. The van der Waals surface area contributed by atoms with Gasteiger partial charge in [-0.2, -0.15) is 5.26 Å². The van der Waals surface area contributed by atoms with Gasteiger partial charge >= 0.3 is 0 Å². The summed E-state index contributed by atoms with van der Waals surface area (Å²) in [5, 5.41) is 9.09. The summed E-state index contributed by atoms with van der Waals surface area (Å²) in [4.78, 5) is 20.9. The van der Waals surface area contributed by atoms with Crippen molar-refractivity contribution in [1.29, 1.82) is 5.26 Å². The summed E-state index contributed by atoms with van der Waals surface area (Å²) < 4.78 is 0. The molecule has 1 heterocycles. The lowest BCUT2D eigenvalue weighted by Crippen LogP contribution is -2.34. The number of nitriles is 1. The van der Waals surface area contributed by atoms with Gasteiger partial charge in [0.05, 0.1) is 23.4 Å². The lowest BCUT2D eigenvalue weighted by atomic mass is 9.96. The molecule has 98 valence electrons. The van der Waals surface area contributed by atoms with Crippen molar-refractivity contribution in [2.75, 3.05) is 11.9 Å². The van der Waals surface area contributed by atoms with Crippen molar-refractivity contribution in [3.63, 3.8) is 0 Å². The molecule has 1 aromatic carbocycles. The molecule has 5 nitrogen and oxygen atoms in total. The SMILES string of the molecule is CC(C)C(C#N)C(=O)N(C)c1ccc2nc[nH]c2c1. The maximum Gasteiger partial charge on any atom is 0.244 e. The Balaban J connectivity index is 2.30. The Kier molecular flexibility index (Phi) is 3.52. The molecule has 1 atom stereocenters. The number of hydrogen-bond donors (Lipinski definition) is 1. The van der Waals surface area contributed by atoms with Crippen LogP contribution in [-0.4, -0.2) is 22.9 Å². The number of fused-ring (bicyclic) bond motifs is 1. The Morgan fingerprint density at radius 2 is 2.21 bits per heavy atom. The first kappa shape index (κ1) is 13.1. The number of anilines is 1.